The third-order valence-corrected chi connectivity index (χ3v) is 6.70. The van der Waals surface area contributed by atoms with Gasteiger partial charge in [0, 0.05) is 43.5 Å². The molecule has 0 unspecified atom stereocenters. The van der Waals surface area contributed by atoms with Gasteiger partial charge in [-0.1, -0.05) is 6.07 Å². The minimum atomic E-state index is -0.799. The number of rotatable bonds is 8. The van der Waals surface area contributed by atoms with Gasteiger partial charge in [0.25, 0.3) is 5.56 Å². The SMILES string of the molecule is COc1ccc([C@H]2C(C#N)=C(N)Oc3cc(C)n(CCCN4CCOCC4)c(=O)c32)c(OC)c1OC. The van der Waals surface area contributed by atoms with Gasteiger partial charge in [-0.25, -0.2) is 0 Å². The number of morpholine rings is 1. The van der Waals surface area contributed by atoms with E-state index in [1.165, 1.54) is 21.3 Å². The lowest BCUT2D eigenvalue weighted by Gasteiger charge is -2.29. The van der Waals surface area contributed by atoms with E-state index in [0.717, 1.165) is 45.0 Å². The summed E-state index contributed by atoms with van der Waals surface area (Å²) in [4.78, 5) is 16.3. The second-order valence-electron chi connectivity index (χ2n) is 8.68. The molecule has 36 heavy (non-hydrogen) atoms. The Morgan fingerprint density at radius 2 is 1.83 bits per heavy atom. The summed E-state index contributed by atoms with van der Waals surface area (Å²) >= 11 is 0. The number of ether oxygens (including phenoxy) is 5. The van der Waals surface area contributed by atoms with E-state index >= 15 is 0 Å². The second kappa shape index (κ2) is 10.9. The van der Waals surface area contributed by atoms with Crippen molar-refractivity contribution in [2.24, 2.45) is 5.73 Å². The molecule has 1 saturated heterocycles. The number of fused-ring (bicyclic) bond motifs is 1. The van der Waals surface area contributed by atoms with Crippen molar-refractivity contribution < 1.29 is 23.7 Å². The molecular formula is C26H32N4O6. The van der Waals surface area contributed by atoms with Crippen LogP contribution in [0.3, 0.4) is 0 Å². The molecule has 1 aromatic heterocycles. The van der Waals surface area contributed by atoms with Gasteiger partial charge in [0.05, 0.1) is 46.0 Å². The standard InChI is InChI=1S/C26H32N4O6/c1-16-14-20-22(26(31)30(16)9-5-8-29-10-12-35-13-11-29)21(18(15-27)25(28)36-20)17-6-7-19(32-2)24(34-4)23(17)33-3/h6-7,14,21H,5,8-13,28H2,1-4H3/t21-/m0/s1. The highest BCUT2D eigenvalue weighted by Crippen LogP contribution is 2.48. The number of aryl methyl sites for hydroxylation is 1. The Morgan fingerprint density at radius 1 is 1.11 bits per heavy atom. The molecule has 1 atom stereocenters. The lowest BCUT2D eigenvalue weighted by molar-refractivity contribution is 0.0369. The molecule has 10 nitrogen and oxygen atoms in total. The Hall–Kier alpha value is -3.68. The van der Waals surface area contributed by atoms with Crippen LogP contribution < -0.4 is 30.2 Å². The zero-order valence-electron chi connectivity index (χ0n) is 21.1. The lowest BCUT2D eigenvalue weighted by atomic mass is 9.83. The summed E-state index contributed by atoms with van der Waals surface area (Å²) in [7, 11) is 4.53. The van der Waals surface area contributed by atoms with E-state index in [2.05, 4.69) is 11.0 Å². The van der Waals surface area contributed by atoms with E-state index in [1.54, 1.807) is 22.8 Å². The number of allylic oxidation sites excluding steroid dienone is 1. The molecule has 0 aliphatic carbocycles. The zero-order valence-corrected chi connectivity index (χ0v) is 21.1. The average Bonchev–Trinajstić information content (AvgIpc) is 2.89. The first-order valence-electron chi connectivity index (χ1n) is 11.9. The summed E-state index contributed by atoms with van der Waals surface area (Å²) in [6, 6.07) is 7.41. The molecule has 2 aliphatic heterocycles. The summed E-state index contributed by atoms with van der Waals surface area (Å²) < 4.78 is 29.6. The highest BCUT2D eigenvalue weighted by molar-refractivity contribution is 5.64. The van der Waals surface area contributed by atoms with Crippen molar-refractivity contribution in [1.29, 1.82) is 5.26 Å². The van der Waals surface area contributed by atoms with Gasteiger partial charge in [-0.2, -0.15) is 5.26 Å². The number of benzene rings is 1. The molecule has 1 fully saturated rings. The summed E-state index contributed by atoms with van der Waals surface area (Å²) in [6.07, 6.45) is 0.799. The number of nitrogens with two attached hydrogens (primary N) is 1. The Morgan fingerprint density at radius 3 is 2.47 bits per heavy atom. The molecule has 10 heteroatoms. The summed E-state index contributed by atoms with van der Waals surface area (Å²) in [5.74, 6) is 0.668. The van der Waals surface area contributed by atoms with E-state index in [1.807, 2.05) is 6.92 Å². The van der Waals surface area contributed by atoms with Crippen LogP contribution in [0.1, 0.15) is 29.2 Å². The summed E-state index contributed by atoms with van der Waals surface area (Å²) in [6.45, 7) is 6.51. The second-order valence-corrected chi connectivity index (χ2v) is 8.68. The number of hydrogen-bond acceptors (Lipinski definition) is 9. The van der Waals surface area contributed by atoms with Gasteiger partial charge < -0.3 is 34.0 Å². The monoisotopic (exact) mass is 496 g/mol. The molecular weight excluding hydrogens is 464 g/mol. The molecule has 3 heterocycles. The van der Waals surface area contributed by atoms with Crippen LogP contribution in [0.2, 0.25) is 0 Å². The van der Waals surface area contributed by atoms with Crippen LogP contribution in [0.4, 0.5) is 0 Å². The van der Waals surface area contributed by atoms with Crippen LogP contribution in [-0.4, -0.2) is 63.6 Å². The van der Waals surface area contributed by atoms with Gasteiger partial charge in [0.15, 0.2) is 11.5 Å². The van der Waals surface area contributed by atoms with Crippen LogP contribution in [0.25, 0.3) is 0 Å². The molecule has 0 amide bonds. The fourth-order valence-electron chi connectivity index (χ4n) is 4.90. The van der Waals surface area contributed by atoms with Gasteiger partial charge in [-0.15, -0.1) is 0 Å². The zero-order chi connectivity index (χ0) is 25.8. The van der Waals surface area contributed by atoms with Crippen LogP contribution in [-0.2, 0) is 11.3 Å². The summed E-state index contributed by atoms with van der Waals surface area (Å²) in [5.41, 5.74) is 7.72. The van der Waals surface area contributed by atoms with Crippen LogP contribution in [0.15, 0.2) is 34.4 Å². The van der Waals surface area contributed by atoms with E-state index < -0.39 is 5.92 Å². The Balaban J connectivity index is 1.80. The van der Waals surface area contributed by atoms with Crippen molar-refractivity contribution in [3.8, 4) is 29.1 Å². The van der Waals surface area contributed by atoms with Gasteiger partial charge in [0.1, 0.15) is 17.4 Å². The number of aromatic nitrogens is 1. The maximum atomic E-state index is 13.9. The molecule has 2 aromatic rings. The highest BCUT2D eigenvalue weighted by atomic mass is 16.5. The normalized spacial score (nSPS) is 17.7. The number of nitrogens with zero attached hydrogens (tertiary/aromatic N) is 3. The third kappa shape index (κ3) is 4.59. The average molecular weight is 497 g/mol. The molecule has 0 spiro atoms. The predicted molar refractivity (Wildman–Crippen MR) is 133 cm³/mol. The van der Waals surface area contributed by atoms with Crippen LogP contribution in [0.5, 0.6) is 23.0 Å². The van der Waals surface area contributed by atoms with Crippen molar-refractivity contribution in [3.05, 3.63) is 56.8 Å². The molecule has 1 aromatic carbocycles. The fraction of sp³-hybridized carbons (Fsp3) is 0.462. The summed E-state index contributed by atoms with van der Waals surface area (Å²) in [5, 5.41) is 10.0. The van der Waals surface area contributed by atoms with Gasteiger partial charge in [-0.3, -0.25) is 9.69 Å². The third-order valence-electron chi connectivity index (χ3n) is 6.70. The van der Waals surface area contributed by atoms with E-state index in [-0.39, 0.29) is 17.0 Å². The van der Waals surface area contributed by atoms with Crippen molar-refractivity contribution in [1.82, 2.24) is 9.47 Å². The Labute approximate surface area is 210 Å². The predicted octanol–water partition coefficient (Wildman–Crippen LogP) is 2.12. The quantitative estimate of drug-likeness (QED) is 0.586. The number of methoxy groups -OCH3 is 3. The largest absolute Gasteiger partial charge is 0.493 e. The van der Waals surface area contributed by atoms with Crippen LogP contribution in [0, 0.1) is 18.3 Å². The first kappa shape index (κ1) is 25.4. The van der Waals surface area contributed by atoms with E-state index in [9.17, 15) is 10.1 Å². The van der Waals surface area contributed by atoms with Crippen LogP contribution >= 0.6 is 0 Å². The molecule has 192 valence electrons. The first-order valence-corrected chi connectivity index (χ1v) is 11.9. The number of hydrogen-bond donors (Lipinski definition) is 1. The molecule has 2 aliphatic rings. The first-order chi connectivity index (χ1) is 17.4. The number of pyridine rings is 1. The van der Waals surface area contributed by atoms with E-state index in [4.69, 9.17) is 29.4 Å². The minimum absolute atomic E-state index is 0.0456. The molecule has 0 radical (unpaired) electrons. The topological polar surface area (TPSA) is 121 Å². The van der Waals surface area contributed by atoms with Crippen molar-refractivity contribution in [2.75, 3.05) is 54.2 Å². The van der Waals surface area contributed by atoms with Crippen molar-refractivity contribution in [3.63, 3.8) is 0 Å². The van der Waals surface area contributed by atoms with Gasteiger partial charge in [-0.05, 0) is 19.4 Å². The van der Waals surface area contributed by atoms with Crippen molar-refractivity contribution in [2.45, 2.75) is 25.8 Å². The molecule has 0 bridgehead atoms. The van der Waals surface area contributed by atoms with E-state index in [0.29, 0.717) is 40.7 Å². The fourth-order valence-corrected chi connectivity index (χ4v) is 4.90. The lowest BCUT2D eigenvalue weighted by Crippen LogP contribution is -2.38. The van der Waals surface area contributed by atoms with Gasteiger partial charge >= 0.3 is 0 Å². The Kier molecular flexibility index (Phi) is 7.72. The molecule has 2 N–H and O–H groups in total. The maximum absolute atomic E-state index is 13.9. The smallest absolute Gasteiger partial charge is 0.258 e. The molecule has 4 rings (SSSR count). The Bertz CT molecular complexity index is 1260. The van der Waals surface area contributed by atoms with Crippen molar-refractivity contribution >= 4 is 0 Å². The number of nitriles is 1. The maximum Gasteiger partial charge on any atom is 0.258 e. The minimum Gasteiger partial charge on any atom is -0.493 e. The van der Waals surface area contributed by atoms with Gasteiger partial charge in [0.2, 0.25) is 11.6 Å². The highest BCUT2D eigenvalue weighted by Gasteiger charge is 2.37. The molecule has 0 saturated carbocycles.